The minimum atomic E-state index is 1.09. The highest BCUT2D eigenvalue weighted by molar-refractivity contribution is 7.26. The van der Waals surface area contributed by atoms with Crippen LogP contribution in [-0.2, 0) is 0 Å². The Balaban J connectivity index is 0.874. The second kappa shape index (κ2) is 16.2. The number of nitrogens with zero attached hydrogens (tertiary/aromatic N) is 2. The van der Waals surface area contributed by atoms with Crippen LogP contribution in [0.3, 0.4) is 0 Å². The van der Waals surface area contributed by atoms with Gasteiger partial charge in [-0.25, -0.2) is 0 Å². The maximum atomic E-state index is 2.42. The van der Waals surface area contributed by atoms with E-state index in [4.69, 9.17) is 0 Å². The first-order chi connectivity index (χ1) is 33.2. The third-order valence-corrected chi connectivity index (χ3v) is 14.6. The Bertz CT molecular complexity index is 3910. The number of hydrogen-bond donors (Lipinski definition) is 0. The van der Waals surface area contributed by atoms with E-state index in [1.807, 2.05) is 11.3 Å². The molecule has 67 heavy (non-hydrogen) atoms. The Morgan fingerprint density at radius 3 is 1.54 bits per heavy atom. The first-order valence-electron chi connectivity index (χ1n) is 22.9. The number of rotatable bonds is 8. The third-order valence-electron chi connectivity index (χ3n) is 13.4. The molecule has 0 unspecified atom stereocenters. The van der Waals surface area contributed by atoms with Crippen LogP contribution in [0, 0.1) is 0 Å². The Kier molecular flexibility index (Phi) is 9.40. The predicted octanol–water partition coefficient (Wildman–Crippen LogP) is 18.4. The van der Waals surface area contributed by atoms with Gasteiger partial charge in [0.2, 0.25) is 0 Å². The lowest BCUT2D eigenvalue weighted by Crippen LogP contribution is -2.11. The van der Waals surface area contributed by atoms with Gasteiger partial charge in [-0.05, 0) is 105 Å². The fourth-order valence-corrected chi connectivity index (χ4v) is 11.5. The van der Waals surface area contributed by atoms with E-state index in [9.17, 15) is 0 Å². The van der Waals surface area contributed by atoms with E-state index in [0.29, 0.717) is 0 Å². The molecule has 314 valence electrons. The maximum Gasteiger partial charge on any atom is 0.0541 e. The molecule has 11 aromatic carbocycles. The van der Waals surface area contributed by atoms with Crippen molar-refractivity contribution in [3.63, 3.8) is 0 Å². The third kappa shape index (κ3) is 6.71. The molecule has 0 saturated carbocycles. The number of hydrogen-bond acceptors (Lipinski definition) is 2. The molecule has 0 fully saturated rings. The summed E-state index contributed by atoms with van der Waals surface area (Å²) < 4.78 is 5.00. The molecule has 2 heterocycles. The van der Waals surface area contributed by atoms with Gasteiger partial charge in [0, 0.05) is 59.1 Å². The lowest BCUT2D eigenvalue weighted by molar-refractivity contribution is 1.18. The van der Waals surface area contributed by atoms with Gasteiger partial charge in [-0.2, -0.15) is 0 Å². The molecule has 0 aliphatic heterocycles. The standard InChI is InChI=1S/C64H42N2S/c1-2-18-52-46(14-1)15-12-23-53(52)47-36-40-50(41-37-47)65(60-26-7-5-21-56(60)58-24-13-25-59-57-22-6-10-29-63(57)67-64(58)59)49-38-34-44(35-39-49)43-30-32-45(33-31-43)48-16-11-17-51(42-48)66-61-27-8-3-19-54(61)55-20-4-9-28-62(55)66/h1-42H. The Labute approximate surface area is 393 Å². The zero-order valence-electron chi connectivity index (χ0n) is 36.6. The molecular formula is C64H42N2S. The van der Waals surface area contributed by atoms with Gasteiger partial charge in [-0.15, -0.1) is 11.3 Å². The fraction of sp³-hybridized carbons (Fsp3) is 0. The number of anilines is 3. The Hall–Kier alpha value is -8.50. The van der Waals surface area contributed by atoms with Crippen molar-refractivity contribution in [1.82, 2.24) is 4.57 Å². The van der Waals surface area contributed by atoms with Gasteiger partial charge in [0.15, 0.2) is 0 Å². The normalized spacial score (nSPS) is 11.6. The van der Waals surface area contributed by atoms with Gasteiger partial charge in [0.25, 0.3) is 0 Å². The molecule has 13 rings (SSSR count). The van der Waals surface area contributed by atoms with Crippen LogP contribution in [0.5, 0.6) is 0 Å². The van der Waals surface area contributed by atoms with Gasteiger partial charge >= 0.3 is 0 Å². The summed E-state index contributed by atoms with van der Waals surface area (Å²) in [6.07, 6.45) is 0. The van der Waals surface area contributed by atoms with E-state index < -0.39 is 0 Å². The predicted molar refractivity (Wildman–Crippen MR) is 288 cm³/mol. The maximum absolute atomic E-state index is 2.42. The van der Waals surface area contributed by atoms with Crippen molar-refractivity contribution in [2.75, 3.05) is 4.90 Å². The average Bonchev–Trinajstić information content (AvgIpc) is 3.96. The van der Waals surface area contributed by atoms with Crippen molar-refractivity contribution in [2.45, 2.75) is 0 Å². The van der Waals surface area contributed by atoms with E-state index in [-0.39, 0.29) is 0 Å². The minimum Gasteiger partial charge on any atom is -0.310 e. The monoisotopic (exact) mass is 870 g/mol. The van der Waals surface area contributed by atoms with Crippen molar-refractivity contribution in [1.29, 1.82) is 0 Å². The van der Waals surface area contributed by atoms with Crippen molar-refractivity contribution in [2.24, 2.45) is 0 Å². The first-order valence-corrected chi connectivity index (χ1v) is 23.7. The van der Waals surface area contributed by atoms with Crippen LogP contribution in [0.4, 0.5) is 17.1 Å². The summed E-state index contributed by atoms with van der Waals surface area (Å²) in [5.74, 6) is 0. The van der Waals surface area contributed by atoms with Crippen LogP contribution in [0.1, 0.15) is 0 Å². The number of aromatic nitrogens is 1. The molecule has 13 aromatic rings. The zero-order valence-corrected chi connectivity index (χ0v) is 37.4. The highest BCUT2D eigenvalue weighted by Gasteiger charge is 2.20. The number of benzene rings is 11. The Morgan fingerprint density at radius 1 is 0.313 bits per heavy atom. The lowest BCUT2D eigenvalue weighted by atomic mass is 9.97. The van der Waals surface area contributed by atoms with Gasteiger partial charge in [-0.3, -0.25) is 0 Å². The van der Waals surface area contributed by atoms with Crippen molar-refractivity contribution < 1.29 is 0 Å². The molecule has 0 N–H and O–H groups in total. The summed E-state index contributed by atoms with van der Waals surface area (Å²) in [6.45, 7) is 0. The second-order valence-electron chi connectivity index (χ2n) is 17.3. The molecule has 0 aliphatic rings. The van der Waals surface area contributed by atoms with Crippen LogP contribution in [0.25, 0.3) is 103 Å². The van der Waals surface area contributed by atoms with Crippen LogP contribution in [0.15, 0.2) is 255 Å². The molecule has 0 radical (unpaired) electrons. The molecule has 3 heteroatoms. The summed E-state index contributed by atoms with van der Waals surface area (Å²) in [6, 6.07) is 93.1. The van der Waals surface area contributed by atoms with E-state index in [1.165, 1.54) is 97.3 Å². The van der Waals surface area contributed by atoms with Gasteiger partial charge in [0.05, 0.1) is 16.7 Å². The number of fused-ring (bicyclic) bond motifs is 7. The SMILES string of the molecule is c1cc(-c2ccc(-c3ccc(N(c4ccc(-c5cccc6ccccc56)cc4)c4ccccc4-c4cccc5c4sc4ccccc45)cc3)cc2)cc(-n2c3ccccc3c3ccccc32)c1. The molecular weight excluding hydrogens is 829 g/mol. The van der Waals surface area contributed by atoms with Gasteiger partial charge < -0.3 is 9.47 Å². The smallest absolute Gasteiger partial charge is 0.0541 e. The summed E-state index contributed by atoms with van der Waals surface area (Å²) in [7, 11) is 0. The molecule has 0 saturated heterocycles. The van der Waals surface area contributed by atoms with Gasteiger partial charge in [0.1, 0.15) is 0 Å². The average molecular weight is 871 g/mol. The molecule has 0 aliphatic carbocycles. The highest BCUT2D eigenvalue weighted by atomic mass is 32.1. The van der Waals surface area contributed by atoms with Crippen LogP contribution < -0.4 is 4.90 Å². The second-order valence-corrected chi connectivity index (χ2v) is 18.3. The zero-order chi connectivity index (χ0) is 44.3. The Morgan fingerprint density at radius 2 is 0.806 bits per heavy atom. The molecule has 0 amide bonds. The largest absolute Gasteiger partial charge is 0.310 e. The van der Waals surface area contributed by atoms with E-state index in [0.717, 1.165) is 22.7 Å². The van der Waals surface area contributed by atoms with Crippen molar-refractivity contribution in [3.05, 3.63) is 255 Å². The summed E-state index contributed by atoms with van der Waals surface area (Å²) >= 11 is 1.88. The van der Waals surface area contributed by atoms with Gasteiger partial charge in [-0.1, -0.05) is 194 Å². The summed E-state index contributed by atoms with van der Waals surface area (Å²) in [4.78, 5) is 2.42. The summed E-state index contributed by atoms with van der Waals surface area (Å²) in [5.41, 5.74) is 16.5. The molecule has 2 nitrogen and oxygen atoms in total. The molecule has 0 atom stereocenters. The van der Waals surface area contributed by atoms with E-state index >= 15 is 0 Å². The van der Waals surface area contributed by atoms with Crippen LogP contribution in [0.2, 0.25) is 0 Å². The van der Waals surface area contributed by atoms with Crippen molar-refractivity contribution >= 4 is 81.1 Å². The number of thiophene rings is 1. The fourth-order valence-electron chi connectivity index (χ4n) is 10.2. The first kappa shape index (κ1) is 38.9. The van der Waals surface area contributed by atoms with E-state index in [2.05, 4.69) is 264 Å². The van der Waals surface area contributed by atoms with Crippen molar-refractivity contribution in [3.8, 4) is 50.2 Å². The summed E-state index contributed by atoms with van der Waals surface area (Å²) in [5, 5.41) is 7.64. The van der Waals surface area contributed by atoms with Crippen LogP contribution in [-0.4, -0.2) is 4.57 Å². The topological polar surface area (TPSA) is 8.17 Å². The molecule has 0 bridgehead atoms. The highest BCUT2D eigenvalue weighted by Crippen LogP contribution is 2.46. The van der Waals surface area contributed by atoms with Crippen LogP contribution >= 0.6 is 11.3 Å². The molecule has 2 aromatic heterocycles. The lowest BCUT2D eigenvalue weighted by Gasteiger charge is -2.28. The minimum absolute atomic E-state index is 1.09. The quantitative estimate of drug-likeness (QED) is 0.148. The van der Waals surface area contributed by atoms with E-state index in [1.54, 1.807) is 0 Å². The number of para-hydroxylation sites is 3. The molecule has 0 spiro atoms.